The van der Waals surface area contributed by atoms with Crippen LogP contribution in [0.5, 0.6) is 0 Å². The van der Waals surface area contributed by atoms with Crippen LogP contribution in [0, 0.1) is 12.7 Å². The van der Waals surface area contributed by atoms with Gasteiger partial charge in [-0.15, -0.1) is 0 Å². The number of rotatable bonds is 1. The summed E-state index contributed by atoms with van der Waals surface area (Å²) in [4.78, 5) is 4.31. The second kappa shape index (κ2) is 5.03. The summed E-state index contributed by atoms with van der Waals surface area (Å²) >= 11 is 0. The van der Waals surface area contributed by atoms with Crippen LogP contribution in [0.15, 0.2) is 30.5 Å². The molecule has 0 amide bonds. The standard InChI is InChI=1S/C20H23FN2O/c1-12-13(6-5-8-22-12)14-10-15-17(11-16(14)21)23-19(2,3)18-20(15,4)7-9-24-18/h5-6,8,10-11,18,23H,7,9H2,1-4H3. The molecule has 126 valence electrons. The number of aryl methyl sites for hydroxylation is 1. The Morgan fingerprint density at radius 2 is 2.04 bits per heavy atom. The van der Waals surface area contributed by atoms with Crippen LogP contribution in [0.1, 0.15) is 38.4 Å². The van der Waals surface area contributed by atoms with E-state index in [2.05, 4.69) is 31.1 Å². The Balaban J connectivity index is 1.94. The van der Waals surface area contributed by atoms with Crippen molar-refractivity contribution in [2.45, 2.75) is 51.2 Å². The molecular formula is C20H23FN2O. The third-order valence-electron chi connectivity index (χ3n) is 5.62. The number of pyridine rings is 1. The van der Waals surface area contributed by atoms with Crippen LogP contribution in [0.3, 0.4) is 0 Å². The Kier molecular flexibility index (Phi) is 3.26. The maximum Gasteiger partial charge on any atom is 0.133 e. The molecule has 1 aromatic heterocycles. The van der Waals surface area contributed by atoms with Gasteiger partial charge in [-0.25, -0.2) is 4.39 Å². The van der Waals surface area contributed by atoms with E-state index in [0.717, 1.165) is 35.5 Å². The number of ether oxygens (including phenoxy) is 1. The van der Waals surface area contributed by atoms with Gasteiger partial charge in [0.25, 0.3) is 0 Å². The van der Waals surface area contributed by atoms with Gasteiger partial charge in [0.1, 0.15) is 5.82 Å². The van der Waals surface area contributed by atoms with E-state index in [1.165, 1.54) is 0 Å². The van der Waals surface area contributed by atoms with E-state index in [1.807, 2.05) is 25.1 Å². The van der Waals surface area contributed by atoms with Gasteiger partial charge in [-0.3, -0.25) is 4.98 Å². The minimum Gasteiger partial charge on any atom is -0.377 e. The van der Waals surface area contributed by atoms with Crippen molar-refractivity contribution in [2.24, 2.45) is 0 Å². The average molecular weight is 326 g/mol. The van der Waals surface area contributed by atoms with E-state index in [4.69, 9.17) is 4.74 Å². The van der Waals surface area contributed by atoms with Gasteiger partial charge in [-0.1, -0.05) is 13.0 Å². The molecule has 2 unspecified atom stereocenters. The summed E-state index contributed by atoms with van der Waals surface area (Å²) in [5, 5.41) is 3.49. The summed E-state index contributed by atoms with van der Waals surface area (Å²) in [6.45, 7) is 9.15. The molecule has 24 heavy (non-hydrogen) atoms. The predicted octanol–water partition coefficient (Wildman–Crippen LogP) is 4.45. The van der Waals surface area contributed by atoms with Crippen molar-refractivity contribution in [2.75, 3.05) is 11.9 Å². The van der Waals surface area contributed by atoms with Crippen molar-refractivity contribution in [1.82, 2.24) is 4.98 Å². The maximum absolute atomic E-state index is 14.9. The number of nitrogens with one attached hydrogen (secondary N) is 1. The molecule has 0 saturated carbocycles. The second-order valence-corrected chi connectivity index (χ2v) is 7.78. The number of halogens is 1. The topological polar surface area (TPSA) is 34.2 Å². The summed E-state index contributed by atoms with van der Waals surface area (Å²) in [5.41, 5.74) is 3.99. The van der Waals surface area contributed by atoms with Crippen LogP contribution in [0.4, 0.5) is 10.1 Å². The number of nitrogens with zero attached hydrogens (tertiary/aromatic N) is 1. The lowest BCUT2D eigenvalue weighted by Crippen LogP contribution is -2.56. The molecule has 1 saturated heterocycles. The molecule has 2 aliphatic rings. The molecule has 1 N–H and O–H groups in total. The monoisotopic (exact) mass is 326 g/mol. The second-order valence-electron chi connectivity index (χ2n) is 7.78. The molecule has 0 spiro atoms. The largest absolute Gasteiger partial charge is 0.377 e. The van der Waals surface area contributed by atoms with E-state index in [0.29, 0.717) is 5.56 Å². The predicted molar refractivity (Wildman–Crippen MR) is 93.8 cm³/mol. The molecule has 4 heteroatoms. The SMILES string of the molecule is Cc1ncccc1-c1cc2c(cc1F)NC(C)(C)C1OCCC21C. The third kappa shape index (κ3) is 2.09. The Hall–Kier alpha value is -1.94. The zero-order valence-electron chi connectivity index (χ0n) is 14.6. The number of hydrogen-bond donors (Lipinski definition) is 1. The summed E-state index contributed by atoms with van der Waals surface area (Å²) in [6.07, 6.45) is 2.76. The van der Waals surface area contributed by atoms with Crippen LogP contribution in [-0.2, 0) is 10.2 Å². The summed E-state index contributed by atoms with van der Waals surface area (Å²) < 4.78 is 20.9. The van der Waals surface area contributed by atoms with E-state index in [1.54, 1.807) is 12.3 Å². The van der Waals surface area contributed by atoms with Crippen LogP contribution in [0.2, 0.25) is 0 Å². The fourth-order valence-corrected chi connectivity index (χ4v) is 4.52. The van der Waals surface area contributed by atoms with Crippen molar-refractivity contribution in [3.05, 3.63) is 47.5 Å². The van der Waals surface area contributed by atoms with Gasteiger partial charge in [0.05, 0.1) is 11.6 Å². The Labute approximate surface area is 142 Å². The number of fused-ring (bicyclic) bond motifs is 3. The smallest absolute Gasteiger partial charge is 0.133 e. The zero-order valence-corrected chi connectivity index (χ0v) is 14.6. The molecular weight excluding hydrogens is 303 g/mol. The first kappa shape index (κ1) is 15.6. The first-order valence-corrected chi connectivity index (χ1v) is 8.49. The van der Waals surface area contributed by atoms with Crippen molar-refractivity contribution in [3.63, 3.8) is 0 Å². The highest BCUT2D eigenvalue weighted by molar-refractivity contribution is 5.73. The van der Waals surface area contributed by atoms with Crippen molar-refractivity contribution in [1.29, 1.82) is 0 Å². The number of benzene rings is 1. The van der Waals surface area contributed by atoms with E-state index in [-0.39, 0.29) is 22.9 Å². The van der Waals surface area contributed by atoms with Gasteiger partial charge in [-0.05, 0) is 51.0 Å². The fourth-order valence-electron chi connectivity index (χ4n) is 4.52. The van der Waals surface area contributed by atoms with Crippen LogP contribution < -0.4 is 5.32 Å². The number of aromatic nitrogens is 1. The average Bonchev–Trinajstić information content (AvgIpc) is 2.92. The lowest BCUT2D eigenvalue weighted by molar-refractivity contribution is 0.0352. The minimum absolute atomic E-state index is 0.0748. The van der Waals surface area contributed by atoms with Crippen molar-refractivity contribution < 1.29 is 9.13 Å². The van der Waals surface area contributed by atoms with Gasteiger partial charge in [0.15, 0.2) is 0 Å². The van der Waals surface area contributed by atoms with Crippen molar-refractivity contribution >= 4 is 5.69 Å². The van der Waals surface area contributed by atoms with Crippen LogP contribution >= 0.6 is 0 Å². The lowest BCUT2D eigenvalue weighted by Gasteiger charge is -2.48. The molecule has 3 nitrogen and oxygen atoms in total. The molecule has 1 fully saturated rings. The lowest BCUT2D eigenvalue weighted by atomic mass is 9.66. The van der Waals surface area contributed by atoms with Crippen molar-refractivity contribution in [3.8, 4) is 11.1 Å². The number of anilines is 1. The van der Waals surface area contributed by atoms with Gasteiger partial charge >= 0.3 is 0 Å². The summed E-state index contributed by atoms with van der Waals surface area (Å²) in [5.74, 6) is -0.214. The molecule has 2 aromatic rings. The summed E-state index contributed by atoms with van der Waals surface area (Å²) in [6, 6.07) is 7.42. The van der Waals surface area contributed by atoms with Gasteiger partial charge in [-0.2, -0.15) is 0 Å². The highest BCUT2D eigenvalue weighted by Gasteiger charge is 2.53. The fraction of sp³-hybridized carbons (Fsp3) is 0.450. The Morgan fingerprint density at radius 1 is 1.25 bits per heavy atom. The maximum atomic E-state index is 14.9. The van der Waals surface area contributed by atoms with Crippen LogP contribution in [-0.4, -0.2) is 23.2 Å². The molecule has 1 aromatic carbocycles. The summed E-state index contributed by atoms with van der Waals surface area (Å²) in [7, 11) is 0. The molecule has 0 bridgehead atoms. The molecule has 3 heterocycles. The Morgan fingerprint density at radius 3 is 2.79 bits per heavy atom. The quantitative estimate of drug-likeness (QED) is 0.841. The number of hydrogen-bond acceptors (Lipinski definition) is 3. The molecule has 0 radical (unpaired) electrons. The van der Waals surface area contributed by atoms with E-state index in [9.17, 15) is 4.39 Å². The molecule has 2 aliphatic heterocycles. The van der Waals surface area contributed by atoms with Crippen LogP contribution in [0.25, 0.3) is 11.1 Å². The Bertz CT molecular complexity index is 817. The third-order valence-corrected chi connectivity index (χ3v) is 5.62. The first-order valence-electron chi connectivity index (χ1n) is 8.49. The first-order chi connectivity index (χ1) is 11.3. The zero-order chi connectivity index (χ0) is 17.1. The molecule has 2 atom stereocenters. The van der Waals surface area contributed by atoms with Gasteiger partial charge in [0, 0.05) is 40.7 Å². The van der Waals surface area contributed by atoms with Gasteiger partial charge in [0.2, 0.25) is 0 Å². The minimum atomic E-state index is -0.226. The normalized spacial score (nSPS) is 27.3. The van der Waals surface area contributed by atoms with Gasteiger partial charge < -0.3 is 10.1 Å². The molecule has 0 aliphatic carbocycles. The molecule has 4 rings (SSSR count). The van der Waals surface area contributed by atoms with E-state index < -0.39 is 0 Å². The highest BCUT2D eigenvalue weighted by atomic mass is 19.1. The van der Waals surface area contributed by atoms with E-state index >= 15 is 0 Å². The highest BCUT2D eigenvalue weighted by Crippen LogP contribution is 2.51.